The van der Waals surface area contributed by atoms with Crippen molar-refractivity contribution in [2.45, 2.75) is 6.04 Å². The lowest BCUT2D eigenvalue weighted by atomic mass is 10.1. The van der Waals surface area contributed by atoms with Gasteiger partial charge in [-0.3, -0.25) is 0 Å². The molecule has 1 aromatic carbocycles. The van der Waals surface area contributed by atoms with Gasteiger partial charge in [-0.1, -0.05) is 40.9 Å². The number of hydrogen-bond acceptors (Lipinski definition) is 2. The quantitative estimate of drug-likeness (QED) is 0.840. The molecule has 0 aliphatic rings. The third kappa shape index (κ3) is 2.53. The van der Waals surface area contributed by atoms with Gasteiger partial charge in [0.1, 0.15) is 0 Å². The molecule has 5 heteroatoms. The van der Waals surface area contributed by atoms with Gasteiger partial charge in [-0.15, -0.1) is 0 Å². The second kappa shape index (κ2) is 5.19. The van der Waals surface area contributed by atoms with Gasteiger partial charge < -0.3 is 10.5 Å². The highest BCUT2D eigenvalue weighted by Crippen LogP contribution is 2.34. The lowest BCUT2D eigenvalue weighted by molar-refractivity contribution is 0.181. The molecule has 0 spiro atoms. The van der Waals surface area contributed by atoms with Crippen LogP contribution in [0.25, 0.3) is 0 Å². The van der Waals surface area contributed by atoms with Gasteiger partial charge in [0.15, 0.2) is 0 Å². The average molecular weight is 255 g/mol. The van der Waals surface area contributed by atoms with Crippen molar-refractivity contribution in [3.05, 3.63) is 32.8 Å². The fraction of sp³-hybridized carbons (Fsp3) is 0.333. The smallest absolute Gasteiger partial charge is 0.0781 e. The second-order valence-electron chi connectivity index (χ2n) is 2.83. The van der Waals surface area contributed by atoms with Crippen LogP contribution in [0.15, 0.2) is 12.1 Å². The van der Waals surface area contributed by atoms with Crippen molar-refractivity contribution in [3.8, 4) is 0 Å². The zero-order valence-corrected chi connectivity index (χ0v) is 9.83. The summed E-state index contributed by atoms with van der Waals surface area (Å²) in [6, 6.07) is 3.13. The average Bonchev–Trinajstić information content (AvgIpc) is 2.15. The number of methoxy groups -OCH3 is 1. The minimum atomic E-state index is -0.290. The van der Waals surface area contributed by atoms with Gasteiger partial charge in [0, 0.05) is 7.11 Å². The Hall–Kier alpha value is 0.01000. The predicted octanol–water partition coefficient (Wildman–Crippen LogP) is 3.29. The summed E-state index contributed by atoms with van der Waals surface area (Å²) in [4.78, 5) is 0. The van der Waals surface area contributed by atoms with E-state index in [1.165, 1.54) is 0 Å². The molecule has 1 aromatic rings. The summed E-state index contributed by atoms with van der Waals surface area (Å²) in [6.07, 6.45) is 0. The summed E-state index contributed by atoms with van der Waals surface area (Å²) in [7, 11) is 1.57. The Morgan fingerprint density at radius 2 is 1.93 bits per heavy atom. The SMILES string of the molecule is COC[C@@H](N)c1ccc(Cl)c(Cl)c1Cl. The number of benzene rings is 1. The maximum atomic E-state index is 5.98. The highest BCUT2D eigenvalue weighted by molar-refractivity contribution is 6.48. The Balaban J connectivity index is 3.04. The molecule has 0 saturated carbocycles. The topological polar surface area (TPSA) is 35.2 Å². The second-order valence-corrected chi connectivity index (χ2v) is 3.99. The Morgan fingerprint density at radius 3 is 2.50 bits per heavy atom. The third-order valence-corrected chi connectivity index (χ3v) is 3.12. The molecule has 0 fully saturated rings. The molecule has 1 atom stereocenters. The van der Waals surface area contributed by atoms with Crippen LogP contribution in [0.4, 0.5) is 0 Å². The summed E-state index contributed by atoms with van der Waals surface area (Å²) in [6.45, 7) is 0.387. The number of hydrogen-bond donors (Lipinski definition) is 1. The number of nitrogens with two attached hydrogens (primary N) is 1. The largest absolute Gasteiger partial charge is 0.383 e. The molecule has 0 amide bonds. The summed E-state index contributed by atoms with van der Waals surface area (Å²) >= 11 is 17.6. The van der Waals surface area contributed by atoms with Crippen molar-refractivity contribution < 1.29 is 4.74 Å². The maximum Gasteiger partial charge on any atom is 0.0781 e. The summed E-state index contributed by atoms with van der Waals surface area (Å²) < 4.78 is 4.92. The molecule has 0 unspecified atom stereocenters. The monoisotopic (exact) mass is 253 g/mol. The van der Waals surface area contributed by atoms with Gasteiger partial charge in [-0.2, -0.15) is 0 Å². The van der Waals surface area contributed by atoms with Crippen LogP contribution >= 0.6 is 34.8 Å². The molecular formula is C9H10Cl3NO. The van der Waals surface area contributed by atoms with Crippen molar-refractivity contribution in [2.75, 3.05) is 13.7 Å². The van der Waals surface area contributed by atoms with Gasteiger partial charge in [-0.05, 0) is 11.6 Å². The van der Waals surface area contributed by atoms with E-state index >= 15 is 0 Å². The molecule has 2 N–H and O–H groups in total. The van der Waals surface area contributed by atoms with Gasteiger partial charge in [-0.25, -0.2) is 0 Å². The van der Waals surface area contributed by atoms with E-state index in [9.17, 15) is 0 Å². The molecule has 0 radical (unpaired) electrons. The van der Waals surface area contributed by atoms with Crippen LogP contribution in [0.1, 0.15) is 11.6 Å². The lowest BCUT2D eigenvalue weighted by Crippen LogP contribution is -2.16. The van der Waals surface area contributed by atoms with E-state index in [2.05, 4.69) is 0 Å². The molecular weight excluding hydrogens is 244 g/mol. The molecule has 0 aromatic heterocycles. The summed E-state index contributed by atoms with van der Waals surface area (Å²) in [5.74, 6) is 0. The van der Waals surface area contributed by atoms with Gasteiger partial charge in [0.25, 0.3) is 0 Å². The highest BCUT2D eigenvalue weighted by atomic mass is 35.5. The number of halogens is 3. The van der Waals surface area contributed by atoms with Crippen molar-refractivity contribution >= 4 is 34.8 Å². The minimum absolute atomic E-state index is 0.290. The van der Waals surface area contributed by atoms with E-state index < -0.39 is 0 Å². The van der Waals surface area contributed by atoms with Crippen LogP contribution in [0.3, 0.4) is 0 Å². The van der Waals surface area contributed by atoms with Gasteiger partial charge >= 0.3 is 0 Å². The Labute approximate surface area is 97.9 Å². The number of ether oxygens (including phenoxy) is 1. The molecule has 0 bridgehead atoms. The van der Waals surface area contributed by atoms with Crippen molar-refractivity contribution in [1.29, 1.82) is 0 Å². The van der Waals surface area contributed by atoms with E-state index in [1.807, 2.05) is 0 Å². The van der Waals surface area contributed by atoms with E-state index in [0.29, 0.717) is 21.7 Å². The molecule has 1 rings (SSSR count). The normalized spacial score (nSPS) is 12.9. The fourth-order valence-electron chi connectivity index (χ4n) is 1.10. The van der Waals surface area contributed by atoms with E-state index in [-0.39, 0.29) is 6.04 Å². The zero-order valence-electron chi connectivity index (χ0n) is 7.56. The summed E-state index contributed by atoms with van der Waals surface area (Å²) in [5.41, 5.74) is 6.55. The van der Waals surface area contributed by atoms with E-state index in [0.717, 1.165) is 5.56 Å². The maximum absolute atomic E-state index is 5.98. The Morgan fingerprint density at radius 1 is 1.29 bits per heavy atom. The molecule has 0 heterocycles. The zero-order chi connectivity index (χ0) is 10.7. The van der Waals surface area contributed by atoms with Crippen LogP contribution < -0.4 is 5.73 Å². The minimum Gasteiger partial charge on any atom is -0.383 e. The van der Waals surface area contributed by atoms with Crippen molar-refractivity contribution in [3.63, 3.8) is 0 Å². The van der Waals surface area contributed by atoms with Crippen LogP contribution in [-0.2, 0) is 4.74 Å². The lowest BCUT2D eigenvalue weighted by Gasteiger charge is -2.13. The van der Waals surface area contributed by atoms with Crippen molar-refractivity contribution in [1.82, 2.24) is 0 Å². The standard InChI is InChI=1S/C9H10Cl3NO/c1-14-4-7(13)5-2-3-6(10)9(12)8(5)11/h2-3,7H,4,13H2,1H3/t7-/m1/s1. The Kier molecular flexibility index (Phi) is 4.48. The first kappa shape index (κ1) is 12.1. The number of rotatable bonds is 3. The third-order valence-electron chi connectivity index (χ3n) is 1.81. The van der Waals surface area contributed by atoms with Crippen LogP contribution in [0.5, 0.6) is 0 Å². The predicted molar refractivity (Wildman–Crippen MR) is 60.3 cm³/mol. The molecule has 0 aliphatic heterocycles. The van der Waals surface area contributed by atoms with Gasteiger partial charge in [0.05, 0.1) is 27.7 Å². The van der Waals surface area contributed by atoms with Gasteiger partial charge in [0.2, 0.25) is 0 Å². The first-order valence-corrected chi connectivity index (χ1v) is 5.09. The van der Waals surface area contributed by atoms with Crippen LogP contribution in [0, 0.1) is 0 Å². The van der Waals surface area contributed by atoms with Crippen LogP contribution in [-0.4, -0.2) is 13.7 Å². The molecule has 0 aliphatic carbocycles. The van der Waals surface area contributed by atoms with E-state index in [1.54, 1.807) is 19.2 Å². The molecule has 78 valence electrons. The Bertz CT molecular complexity index is 330. The highest BCUT2D eigenvalue weighted by Gasteiger charge is 2.14. The van der Waals surface area contributed by atoms with E-state index in [4.69, 9.17) is 45.3 Å². The molecule has 2 nitrogen and oxygen atoms in total. The first-order chi connectivity index (χ1) is 6.57. The first-order valence-electron chi connectivity index (χ1n) is 3.95. The fourth-order valence-corrected chi connectivity index (χ4v) is 1.78. The van der Waals surface area contributed by atoms with Crippen molar-refractivity contribution in [2.24, 2.45) is 5.73 Å². The summed E-state index contributed by atoms with van der Waals surface area (Å²) in [5, 5.41) is 1.14. The molecule has 0 saturated heterocycles. The van der Waals surface area contributed by atoms with Crippen LogP contribution in [0.2, 0.25) is 15.1 Å². The molecule has 14 heavy (non-hydrogen) atoms.